The van der Waals surface area contributed by atoms with E-state index in [0.717, 1.165) is 18.6 Å². The number of benzene rings is 1. The van der Waals surface area contributed by atoms with Crippen LogP contribution in [0.4, 0.5) is 17.6 Å². The Morgan fingerprint density at radius 3 is 2.27 bits per heavy atom. The molecule has 0 bridgehead atoms. The Labute approximate surface area is 124 Å². The van der Waals surface area contributed by atoms with Crippen LogP contribution in [0, 0.1) is 17.6 Å². The van der Waals surface area contributed by atoms with Gasteiger partial charge in [-0.2, -0.15) is 8.78 Å². The van der Waals surface area contributed by atoms with Crippen molar-refractivity contribution in [3.8, 4) is 5.75 Å². The predicted octanol–water partition coefficient (Wildman–Crippen LogP) is 3.21. The van der Waals surface area contributed by atoms with Gasteiger partial charge >= 0.3 is 12.4 Å². The lowest BCUT2D eigenvalue weighted by atomic mass is 10.1. The zero-order valence-corrected chi connectivity index (χ0v) is 11.7. The van der Waals surface area contributed by atoms with Gasteiger partial charge in [0, 0.05) is 11.5 Å². The van der Waals surface area contributed by atoms with Crippen molar-refractivity contribution in [2.75, 3.05) is 13.2 Å². The van der Waals surface area contributed by atoms with Gasteiger partial charge in [0.25, 0.3) is 0 Å². The number of halogens is 4. The summed E-state index contributed by atoms with van der Waals surface area (Å²) in [4.78, 5) is 10.7. The molecule has 0 amide bonds. The SMILES string of the molecule is CCC1COC(c2cc(F)c(OC(=O)C(F)F)c(F)c2)OC1. The fourth-order valence-electron chi connectivity index (χ4n) is 1.93. The zero-order chi connectivity index (χ0) is 16.3. The summed E-state index contributed by atoms with van der Waals surface area (Å²) in [6.45, 7) is 2.72. The molecule has 2 rings (SSSR count). The van der Waals surface area contributed by atoms with Crippen molar-refractivity contribution in [2.24, 2.45) is 5.92 Å². The molecule has 0 unspecified atom stereocenters. The molecule has 0 aliphatic carbocycles. The van der Waals surface area contributed by atoms with E-state index in [1.54, 1.807) is 0 Å². The fourth-order valence-corrected chi connectivity index (χ4v) is 1.93. The second-order valence-electron chi connectivity index (χ2n) is 4.81. The van der Waals surface area contributed by atoms with Crippen LogP contribution in [0.5, 0.6) is 5.75 Å². The molecule has 4 nitrogen and oxygen atoms in total. The van der Waals surface area contributed by atoms with Gasteiger partial charge < -0.3 is 14.2 Å². The summed E-state index contributed by atoms with van der Waals surface area (Å²) in [5.41, 5.74) is 0.0430. The number of carbonyl (C=O) groups is 1. The molecule has 0 radical (unpaired) electrons. The van der Waals surface area contributed by atoms with Crippen molar-refractivity contribution in [2.45, 2.75) is 26.1 Å². The molecular weight excluding hydrogens is 308 g/mol. The number of hydrogen-bond acceptors (Lipinski definition) is 4. The molecule has 0 aromatic heterocycles. The summed E-state index contributed by atoms with van der Waals surface area (Å²) in [6, 6.07) is 1.65. The second-order valence-corrected chi connectivity index (χ2v) is 4.81. The zero-order valence-electron chi connectivity index (χ0n) is 11.7. The van der Waals surface area contributed by atoms with E-state index in [2.05, 4.69) is 4.74 Å². The summed E-state index contributed by atoms with van der Waals surface area (Å²) in [5, 5.41) is 0. The standard InChI is InChI=1S/C14H14F4O4/c1-2-7-5-20-14(21-6-7)8-3-9(15)11(10(16)4-8)22-13(19)12(17)18/h3-4,7,12,14H,2,5-6H2,1H3. The summed E-state index contributed by atoms with van der Waals surface area (Å²) in [5.74, 6) is -5.56. The third-order valence-electron chi connectivity index (χ3n) is 3.22. The van der Waals surface area contributed by atoms with Crippen LogP contribution < -0.4 is 4.74 Å². The number of ether oxygens (including phenoxy) is 3. The van der Waals surface area contributed by atoms with Gasteiger partial charge in [-0.15, -0.1) is 0 Å². The minimum Gasteiger partial charge on any atom is -0.416 e. The van der Waals surface area contributed by atoms with E-state index in [4.69, 9.17) is 9.47 Å². The molecule has 1 aliphatic rings. The molecule has 0 atom stereocenters. The fraction of sp³-hybridized carbons (Fsp3) is 0.500. The Bertz CT molecular complexity index is 519. The molecule has 0 saturated carbocycles. The van der Waals surface area contributed by atoms with Crippen molar-refractivity contribution in [1.29, 1.82) is 0 Å². The summed E-state index contributed by atoms with van der Waals surface area (Å²) in [6.07, 6.45) is -3.58. The highest BCUT2D eigenvalue weighted by Gasteiger charge is 2.27. The van der Waals surface area contributed by atoms with Gasteiger partial charge in [-0.3, -0.25) is 0 Å². The number of esters is 1. The smallest absolute Gasteiger partial charge is 0.379 e. The molecule has 0 spiro atoms. The van der Waals surface area contributed by atoms with Crippen molar-refractivity contribution in [3.63, 3.8) is 0 Å². The Hall–Kier alpha value is -1.67. The van der Waals surface area contributed by atoms with Crippen LogP contribution in [0.2, 0.25) is 0 Å². The molecule has 22 heavy (non-hydrogen) atoms. The predicted molar refractivity (Wildman–Crippen MR) is 66.4 cm³/mol. The third kappa shape index (κ3) is 3.75. The van der Waals surface area contributed by atoms with Crippen LogP contribution in [0.3, 0.4) is 0 Å². The van der Waals surface area contributed by atoms with E-state index in [1.807, 2.05) is 6.92 Å². The van der Waals surface area contributed by atoms with Crippen LogP contribution in [-0.4, -0.2) is 25.6 Å². The van der Waals surface area contributed by atoms with Crippen LogP contribution in [0.15, 0.2) is 12.1 Å². The lowest BCUT2D eigenvalue weighted by Gasteiger charge is -2.29. The van der Waals surface area contributed by atoms with E-state index >= 15 is 0 Å². The first kappa shape index (κ1) is 16.7. The highest BCUT2D eigenvalue weighted by Crippen LogP contribution is 2.31. The van der Waals surface area contributed by atoms with Gasteiger partial charge in [0.2, 0.25) is 5.75 Å². The van der Waals surface area contributed by atoms with Crippen molar-refractivity contribution in [3.05, 3.63) is 29.3 Å². The summed E-state index contributed by atoms with van der Waals surface area (Å²) >= 11 is 0. The van der Waals surface area contributed by atoms with Gasteiger partial charge in [-0.25, -0.2) is 13.6 Å². The van der Waals surface area contributed by atoms with Gasteiger partial charge in [-0.05, 0) is 18.6 Å². The van der Waals surface area contributed by atoms with E-state index in [1.165, 1.54) is 0 Å². The third-order valence-corrected chi connectivity index (χ3v) is 3.22. The monoisotopic (exact) mass is 322 g/mol. The quantitative estimate of drug-likeness (QED) is 0.485. The molecule has 8 heteroatoms. The highest BCUT2D eigenvalue weighted by molar-refractivity contribution is 5.75. The van der Waals surface area contributed by atoms with Crippen LogP contribution in [0.25, 0.3) is 0 Å². The maximum Gasteiger partial charge on any atom is 0.379 e. The van der Waals surface area contributed by atoms with Crippen LogP contribution in [0.1, 0.15) is 25.2 Å². The van der Waals surface area contributed by atoms with Crippen molar-refractivity contribution < 1.29 is 36.6 Å². The lowest BCUT2D eigenvalue weighted by molar-refractivity contribution is -0.205. The number of alkyl halides is 2. The molecule has 1 aliphatic heterocycles. The number of hydrogen-bond donors (Lipinski definition) is 0. The average Bonchev–Trinajstić information content (AvgIpc) is 2.50. The minimum atomic E-state index is -3.48. The van der Waals surface area contributed by atoms with Crippen molar-refractivity contribution in [1.82, 2.24) is 0 Å². The molecule has 1 saturated heterocycles. The van der Waals surface area contributed by atoms with Gasteiger partial charge in [0.05, 0.1) is 13.2 Å². The molecule has 1 aromatic carbocycles. The van der Waals surface area contributed by atoms with Gasteiger partial charge in [0.1, 0.15) is 0 Å². The molecule has 1 heterocycles. The first-order chi connectivity index (χ1) is 10.4. The molecule has 0 N–H and O–H groups in total. The Kier molecular flexibility index (Phi) is 5.36. The van der Waals surface area contributed by atoms with E-state index < -0.39 is 36.1 Å². The van der Waals surface area contributed by atoms with Gasteiger partial charge in [0.15, 0.2) is 17.9 Å². The van der Waals surface area contributed by atoms with Crippen LogP contribution >= 0.6 is 0 Å². The van der Waals surface area contributed by atoms with E-state index in [-0.39, 0.29) is 11.5 Å². The van der Waals surface area contributed by atoms with Crippen molar-refractivity contribution >= 4 is 5.97 Å². The Balaban J connectivity index is 2.14. The Morgan fingerprint density at radius 1 is 1.27 bits per heavy atom. The summed E-state index contributed by atoms with van der Waals surface area (Å²) in [7, 11) is 0. The van der Waals surface area contributed by atoms with E-state index in [0.29, 0.717) is 13.2 Å². The normalized spacial score (nSPS) is 21.9. The van der Waals surface area contributed by atoms with Crippen LogP contribution in [-0.2, 0) is 14.3 Å². The number of rotatable bonds is 4. The maximum atomic E-state index is 13.8. The molecule has 1 aromatic rings. The molecular formula is C14H14F4O4. The average molecular weight is 322 g/mol. The number of carbonyl (C=O) groups excluding carboxylic acids is 1. The minimum absolute atomic E-state index is 0.0430. The first-order valence-electron chi connectivity index (χ1n) is 6.64. The topological polar surface area (TPSA) is 44.8 Å². The van der Waals surface area contributed by atoms with E-state index in [9.17, 15) is 22.4 Å². The Morgan fingerprint density at radius 2 is 1.82 bits per heavy atom. The maximum absolute atomic E-state index is 13.8. The van der Waals surface area contributed by atoms with Gasteiger partial charge in [-0.1, -0.05) is 6.92 Å². The highest BCUT2D eigenvalue weighted by atomic mass is 19.3. The lowest BCUT2D eigenvalue weighted by Crippen LogP contribution is -2.26. The second kappa shape index (κ2) is 7.06. The summed E-state index contributed by atoms with van der Waals surface area (Å²) < 4.78 is 66.3. The molecule has 122 valence electrons. The largest absolute Gasteiger partial charge is 0.416 e. The molecule has 1 fully saturated rings. The first-order valence-corrected chi connectivity index (χ1v) is 6.64.